The van der Waals surface area contributed by atoms with Gasteiger partial charge in [-0.05, 0) is 30.5 Å². The Morgan fingerprint density at radius 1 is 1.29 bits per heavy atom. The van der Waals surface area contributed by atoms with Gasteiger partial charge in [-0.2, -0.15) is 0 Å². The quantitative estimate of drug-likeness (QED) is 0.353. The molecule has 0 atom stereocenters. The molecule has 0 bridgehead atoms. The zero-order valence-corrected chi connectivity index (χ0v) is 9.82. The smallest absolute Gasteiger partial charge is 0.310 e. The number of benzene rings is 1. The van der Waals surface area contributed by atoms with Gasteiger partial charge in [0, 0.05) is 12.1 Å². The summed E-state index contributed by atoms with van der Waals surface area (Å²) in [5.41, 5.74) is 7.15. The number of unbranched alkanes of at least 4 members (excludes halogenated alkanes) is 2. The van der Waals surface area contributed by atoms with Gasteiger partial charge in [0.15, 0.2) is 0 Å². The van der Waals surface area contributed by atoms with E-state index >= 15 is 0 Å². The lowest BCUT2D eigenvalue weighted by Crippen LogP contribution is -2.09. The van der Waals surface area contributed by atoms with E-state index in [0.717, 1.165) is 24.8 Å². The van der Waals surface area contributed by atoms with Crippen molar-refractivity contribution in [2.45, 2.75) is 25.7 Å². The predicted molar refractivity (Wildman–Crippen MR) is 68.2 cm³/mol. The highest BCUT2D eigenvalue weighted by molar-refractivity contribution is 5.72. The summed E-state index contributed by atoms with van der Waals surface area (Å²) in [4.78, 5) is 11.4. The molecule has 90 valence electrons. The summed E-state index contributed by atoms with van der Waals surface area (Å²) >= 11 is 0. The molecule has 1 rings (SSSR count). The molecule has 0 amide bonds. The van der Waals surface area contributed by atoms with Crippen molar-refractivity contribution in [3.8, 4) is 12.3 Å². The first kappa shape index (κ1) is 13.1. The summed E-state index contributed by atoms with van der Waals surface area (Å²) in [6.45, 7) is 0.440. The van der Waals surface area contributed by atoms with E-state index in [9.17, 15) is 4.79 Å². The summed E-state index contributed by atoms with van der Waals surface area (Å²) in [7, 11) is 0. The largest absolute Gasteiger partial charge is 0.465 e. The average molecular weight is 231 g/mol. The topological polar surface area (TPSA) is 52.3 Å². The Balaban J connectivity index is 2.21. The second kappa shape index (κ2) is 7.34. The van der Waals surface area contributed by atoms with Crippen molar-refractivity contribution in [1.29, 1.82) is 0 Å². The number of terminal acetylenes is 1. The van der Waals surface area contributed by atoms with Crippen molar-refractivity contribution in [2.75, 3.05) is 12.3 Å². The van der Waals surface area contributed by atoms with Crippen LogP contribution in [0.3, 0.4) is 0 Å². The number of nitrogens with two attached hydrogens (primary N) is 1. The minimum atomic E-state index is -0.213. The van der Waals surface area contributed by atoms with Crippen LogP contribution in [-0.4, -0.2) is 12.6 Å². The maximum atomic E-state index is 11.4. The first-order chi connectivity index (χ1) is 8.22. The predicted octanol–water partition coefficient (Wildman–Crippen LogP) is 2.16. The monoisotopic (exact) mass is 231 g/mol. The maximum absolute atomic E-state index is 11.4. The van der Waals surface area contributed by atoms with Gasteiger partial charge < -0.3 is 10.5 Å². The average Bonchev–Trinajstić information content (AvgIpc) is 2.32. The fourth-order valence-corrected chi connectivity index (χ4v) is 1.37. The van der Waals surface area contributed by atoms with E-state index in [1.165, 1.54) is 0 Å². The zero-order chi connectivity index (χ0) is 12.5. The van der Waals surface area contributed by atoms with Crippen LogP contribution in [0.4, 0.5) is 5.69 Å². The number of anilines is 1. The van der Waals surface area contributed by atoms with Gasteiger partial charge >= 0.3 is 5.97 Å². The molecular weight excluding hydrogens is 214 g/mol. The Labute approximate surface area is 102 Å². The second-order valence-electron chi connectivity index (χ2n) is 3.80. The molecule has 1 aromatic rings. The molecule has 0 spiro atoms. The molecule has 17 heavy (non-hydrogen) atoms. The zero-order valence-electron chi connectivity index (χ0n) is 9.82. The van der Waals surface area contributed by atoms with Crippen molar-refractivity contribution in [2.24, 2.45) is 0 Å². The normalized spacial score (nSPS) is 9.59. The number of rotatable bonds is 6. The molecule has 3 nitrogen and oxygen atoms in total. The van der Waals surface area contributed by atoms with Crippen LogP contribution < -0.4 is 5.73 Å². The highest BCUT2D eigenvalue weighted by Gasteiger charge is 2.04. The van der Waals surface area contributed by atoms with Crippen LogP contribution in [0.15, 0.2) is 24.3 Å². The fraction of sp³-hybridized carbons (Fsp3) is 0.357. The SMILES string of the molecule is C#CCCCCOC(=O)Cc1ccc(N)cc1. The van der Waals surface area contributed by atoms with Gasteiger partial charge in [0.2, 0.25) is 0 Å². The van der Waals surface area contributed by atoms with Crippen LogP contribution in [0.25, 0.3) is 0 Å². The van der Waals surface area contributed by atoms with Crippen LogP contribution in [-0.2, 0) is 16.0 Å². The summed E-state index contributed by atoms with van der Waals surface area (Å²) < 4.78 is 5.08. The Hall–Kier alpha value is -1.95. The molecule has 0 aromatic heterocycles. The van der Waals surface area contributed by atoms with Gasteiger partial charge in [0.05, 0.1) is 13.0 Å². The van der Waals surface area contributed by atoms with Crippen LogP contribution >= 0.6 is 0 Å². The Kier molecular flexibility index (Phi) is 5.67. The van der Waals surface area contributed by atoms with Crippen LogP contribution in [0.5, 0.6) is 0 Å². The molecule has 0 aliphatic carbocycles. The van der Waals surface area contributed by atoms with Gasteiger partial charge in [0.25, 0.3) is 0 Å². The highest BCUT2D eigenvalue weighted by Crippen LogP contribution is 2.07. The maximum Gasteiger partial charge on any atom is 0.310 e. The Bertz CT molecular complexity index is 390. The molecular formula is C14H17NO2. The van der Waals surface area contributed by atoms with Crippen molar-refractivity contribution < 1.29 is 9.53 Å². The van der Waals surface area contributed by atoms with E-state index in [1.807, 2.05) is 12.1 Å². The first-order valence-electron chi connectivity index (χ1n) is 5.66. The Morgan fingerprint density at radius 3 is 2.65 bits per heavy atom. The van der Waals surface area contributed by atoms with Gasteiger partial charge in [-0.3, -0.25) is 4.79 Å². The number of carbonyl (C=O) groups is 1. The van der Waals surface area contributed by atoms with Crippen molar-refractivity contribution in [1.82, 2.24) is 0 Å². The van der Waals surface area contributed by atoms with Gasteiger partial charge in [-0.25, -0.2) is 0 Å². The molecule has 0 aliphatic heterocycles. The van der Waals surface area contributed by atoms with Crippen LogP contribution in [0, 0.1) is 12.3 Å². The molecule has 0 aliphatic rings. The minimum absolute atomic E-state index is 0.213. The third kappa shape index (κ3) is 5.62. The van der Waals surface area contributed by atoms with Crippen molar-refractivity contribution in [3.05, 3.63) is 29.8 Å². The number of nitrogen functional groups attached to an aromatic ring is 1. The van der Waals surface area contributed by atoms with E-state index in [2.05, 4.69) is 5.92 Å². The van der Waals surface area contributed by atoms with Crippen LogP contribution in [0.1, 0.15) is 24.8 Å². The molecule has 2 N–H and O–H groups in total. The summed E-state index contributed by atoms with van der Waals surface area (Å²) in [5.74, 6) is 2.34. The number of hydrogen-bond donors (Lipinski definition) is 1. The standard InChI is InChI=1S/C14H17NO2/c1-2-3-4-5-10-17-14(16)11-12-6-8-13(15)9-7-12/h1,6-9H,3-5,10-11,15H2. The van der Waals surface area contributed by atoms with Crippen LogP contribution in [0.2, 0.25) is 0 Å². The summed E-state index contributed by atoms with van der Waals surface area (Å²) in [5, 5.41) is 0. The van der Waals surface area contributed by atoms with E-state index in [0.29, 0.717) is 12.3 Å². The fourth-order valence-electron chi connectivity index (χ4n) is 1.37. The Morgan fingerprint density at radius 2 is 2.00 bits per heavy atom. The van der Waals surface area contributed by atoms with Gasteiger partial charge in [0.1, 0.15) is 0 Å². The van der Waals surface area contributed by atoms with Gasteiger partial charge in [-0.1, -0.05) is 12.1 Å². The lowest BCUT2D eigenvalue weighted by molar-refractivity contribution is -0.142. The highest BCUT2D eigenvalue weighted by atomic mass is 16.5. The number of esters is 1. The molecule has 0 saturated heterocycles. The third-order valence-electron chi connectivity index (χ3n) is 2.31. The van der Waals surface area contributed by atoms with Gasteiger partial charge in [-0.15, -0.1) is 12.3 Å². The van der Waals surface area contributed by atoms with E-state index < -0.39 is 0 Å². The molecule has 0 saturated carbocycles. The molecule has 0 radical (unpaired) electrons. The van der Waals surface area contributed by atoms with Crippen molar-refractivity contribution >= 4 is 11.7 Å². The first-order valence-corrected chi connectivity index (χ1v) is 5.66. The minimum Gasteiger partial charge on any atom is -0.465 e. The summed E-state index contributed by atoms with van der Waals surface area (Å²) in [6, 6.07) is 7.20. The molecule has 0 unspecified atom stereocenters. The van der Waals surface area contributed by atoms with Crippen molar-refractivity contribution in [3.63, 3.8) is 0 Å². The second-order valence-corrected chi connectivity index (χ2v) is 3.80. The lowest BCUT2D eigenvalue weighted by Gasteiger charge is -2.04. The molecule has 0 heterocycles. The number of ether oxygens (including phenoxy) is 1. The third-order valence-corrected chi connectivity index (χ3v) is 2.31. The molecule has 1 aromatic carbocycles. The molecule has 3 heteroatoms. The number of hydrogen-bond acceptors (Lipinski definition) is 3. The summed E-state index contributed by atoms with van der Waals surface area (Å²) in [6.07, 6.45) is 7.85. The van der Waals surface area contributed by atoms with E-state index in [1.54, 1.807) is 12.1 Å². The van der Waals surface area contributed by atoms with E-state index in [-0.39, 0.29) is 12.4 Å². The molecule has 0 fully saturated rings. The number of carbonyl (C=O) groups excluding carboxylic acids is 1. The lowest BCUT2D eigenvalue weighted by atomic mass is 10.1. The van der Waals surface area contributed by atoms with E-state index in [4.69, 9.17) is 16.9 Å².